The Morgan fingerprint density at radius 1 is 1.00 bits per heavy atom. The van der Waals surface area contributed by atoms with E-state index in [1.165, 1.54) is 6.07 Å². The first kappa shape index (κ1) is 17.7. The smallest absolute Gasteiger partial charge is 0.231 e. The van der Waals surface area contributed by atoms with Crippen molar-refractivity contribution in [2.75, 3.05) is 18.2 Å². The van der Waals surface area contributed by atoms with Gasteiger partial charge in [0.25, 0.3) is 0 Å². The average molecular weight is 382 g/mol. The van der Waals surface area contributed by atoms with Gasteiger partial charge in [0.05, 0.1) is 18.1 Å². The Kier molecular flexibility index (Phi) is 4.26. The van der Waals surface area contributed by atoms with Gasteiger partial charge in [-0.3, -0.25) is 4.57 Å². The van der Waals surface area contributed by atoms with Crippen molar-refractivity contribution < 1.29 is 13.5 Å². The molecular weight excluding hydrogens is 366 g/mol. The minimum Gasteiger partial charge on any atom is -0.497 e. The normalized spacial score (nSPS) is 11.0. The van der Waals surface area contributed by atoms with Crippen LogP contribution in [0.4, 0.5) is 26.2 Å². The number of nitrogens with one attached hydrogen (secondary N) is 1. The molecule has 0 fully saturated rings. The van der Waals surface area contributed by atoms with Gasteiger partial charge in [-0.15, -0.1) is 0 Å². The molecule has 0 saturated carbocycles. The van der Waals surface area contributed by atoms with Crippen LogP contribution in [0, 0.1) is 18.6 Å². The van der Waals surface area contributed by atoms with E-state index in [0.29, 0.717) is 22.7 Å². The first-order valence-corrected chi connectivity index (χ1v) is 8.34. The van der Waals surface area contributed by atoms with Gasteiger partial charge in [0, 0.05) is 23.9 Å². The molecule has 0 saturated heterocycles. The van der Waals surface area contributed by atoms with Crippen molar-refractivity contribution in [3.05, 3.63) is 59.9 Å². The number of halogens is 2. The van der Waals surface area contributed by atoms with Gasteiger partial charge < -0.3 is 15.8 Å². The highest BCUT2D eigenvalue weighted by molar-refractivity contribution is 5.78. The monoisotopic (exact) mass is 382 g/mol. The van der Waals surface area contributed by atoms with E-state index < -0.39 is 11.6 Å². The molecule has 4 rings (SSSR count). The number of fused-ring (bicyclic) bond motifs is 1. The minimum absolute atomic E-state index is 0.213. The van der Waals surface area contributed by atoms with Gasteiger partial charge >= 0.3 is 0 Å². The maximum absolute atomic E-state index is 13.8. The van der Waals surface area contributed by atoms with Crippen LogP contribution >= 0.6 is 0 Å². The molecule has 2 aromatic heterocycles. The summed E-state index contributed by atoms with van der Waals surface area (Å²) in [4.78, 5) is 12.9. The number of methoxy groups -OCH3 is 1. The fourth-order valence-electron chi connectivity index (χ4n) is 2.91. The summed E-state index contributed by atoms with van der Waals surface area (Å²) in [6.45, 7) is 1.71. The first-order valence-electron chi connectivity index (χ1n) is 8.34. The van der Waals surface area contributed by atoms with Crippen molar-refractivity contribution >= 4 is 28.5 Å². The van der Waals surface area contributed by atoms with E-state index in [0.717, 1.165) is 23.6 Å². The van der Waals surface area contributed by atoms with Crippen molar-refractivity contribution in [2.45, 2.75) is 6.92 Å². The largest absolute Gasteiger partial charge is 0.497 e. The Labute approximate surface area is 158 Å². The highest BCUT2D eigenvalue weighted by atomic mass is 19.2. The maximum atomic E-state index is 13.8. The Morgan fingerprint density at radius 3 is 2.43 bits per heavy atom. The number of hydrogen-bond acceptors (Lipinski definition) is 6. The molecular formula is C19H16F2N6O. The number of imidazole rings is 1. The van der Waals surface area contributed by atoms with Crippen molar-refractivity contribution in [3.63, 3.8) is 0 Å². The van der Waals surface area contributed by atoms with Gasteiger partial charge in [-0.1, -0.05) is 0 Å². The summed E-state index contributed by atoms with van der Waals surface area (Å²) >= 11 is 0. The molecule has 0 radical (unpaired) electrons. The molecule has 28 heavy (non-hydrogen) atoms. The number of nitrogens with two attached hydrogens (primary N) is 1. The zero-order chi connectivity index (χ0) is 19.8. The summed E-state index contributed by atoms with van der Waals surface area (Å²) in [5.41, 5.74) is 7.37. The number of benzene rings is 2. The SMILES string of the molecule is COc1ccc(Nc2nc(N)cc(-n3c(C)nc4cc(F)c(F)cc43)n2)cc1. The molecule has 0 aliphatic carbocycles. The summed E-state index contributed by atoms with van der Waals surface area (Å²) in [5.74, 6) is 0.153. The van der Waals surface area contributed by atoms with Crippen molar-refractivity contribution in [1.82, 2.24) is 19.5 Å². The van der Waals surface area contributed by atoms with E-state index in [1.807, 2.05) is 0 Å². The van der Waals surface area contributed by atoms with Crippen LogP contribution in [0.5, 0.6) is 5.75 Å². The van der Waals surface area contributed by atoms with Gasteiger partial charge in [-0.05, 0) is 31.2 Å². The Hall–Kier alpha value is -3.75. The number of ether oxygens (including phenoxy) is 1. The third kappa shape index (κ3) is 3.18. The topological polar surface area (TPSA) is 90.9 Å². The number of aromatic nitrogens is 4. The van der Waals surface area contributed by atoms with Crippen molar-refractivity contribution in [1.29, 1.82) is 0 Å². The second kappa shape index (κ2) is 6.76. The molecule has 3 N–H and O–H groups in total. The number of aryl methyl sites for hydroxylation is 1. The lowest BCUT2D eigenvalue weighted by atomic mass is 10.3. The van der Waals surface area contributed by atoms with Gasteiger partial charge in [0.1, 0.15) is 23.2 Å². The lowest BCUT2D eigenvalue weighted by Crippen LogP contribution is -2.07. The Bertz CT molecular complexity index is 1170. The fourth-order valence-corrected chi connectivity index (χ4v) is 2.91. The average Bonchev–Trinajstić information content (AvgIpc) is 2.97. The number of hydrogen-bond donors (Lipinski definition) is 2. The molecule has 4 aromatic rings. The third-order valence-corrected chi connectivity index (χ3v) is 4.17. The van der Waals surface area contributed by atoms with Crippen LogP contribution in [0.25, 0.3) is 16.9 Å². The molecule has 0 aliphatic heterocycles. The van der Waals surface area contributed by atoms with Crippen LogP contribution in [0.2, 0.25) is 0 Å². The lowest BCUT2D eigenvalue weighted by Gasteiger charge is -2.11. The van der Waals surface area contributed by atoms with Crippen LogP contribution in [-0.4, -0.2) is 26.6 Å². The summed E-state index contributed by atoms with van der Waals surface area (Å²) in [6.07, 6.45) is 0. The number of rotatable bonds is 4. The lowest BCUT2D eigenvalue weighted by molar-refractivity contribution is 0.415. The fraction of sp³-hybridized carbons (Fsp3) is 0.105. The molecule has 7 nitrogen and oxygen atoms in total. The molecule has 2 aromatic carbocycles. The van der Waals surface area contributed by atoms with E-state index in [4.69, 9.17) is 10.5 Å². The molecule has 142 valence electrons. The number of nitrogen functional groups attached to an aromatic ring is 1. The van der Waals surface area contributed by atoms with E-state index in [9.17, 15) is 8.78 Å². The highest BCUT2D eigenvalue weighted by Gasteiger charge is 2.15. The maximum Gasteiger partial charge on any atom is 0.231 e. The van der Waals surface area contributed by atoms with E-state index in [-0.39, 0.29) is 11.8 Å². The predicted octanol–water partition coefficient (Wildman–Crippen LogP) is 3.74. The second-order valence-corrected chi connectivity index (χ2v) is 6.08. The van der Waals surface area contributed by atoms with E-state index in [1.54, 1.807) is 42.9 Å². The van der Waals surface area contributed by atoms with Gasteiger partial charge in [0.2, 0.25) is 5.95 Å². The molecule has 0 unspecified atom stereocenters. The number of nitrogens with zero attached hydrogens (tertiary/aromatic N) is 4. The minimum atomic E-state index is -0.966. The first-order chi connectivity index (χ1) is 13.4. The standard InChI is InChI=1S/C19H16F2N6O/c1-10-23-15-7-13(20)14(21)8-16(15)27(10)18-9-17(22)25-19(26-18)24-11-3-5-12(28-2)6-4-11/h3-9H,1-2H3,(H3,22,24,25,26). The zero-order valence-corrected chi connectivity index (χ0v) is 15.1. The zero-order valence-electron chi connectivity index (χ0n) is 15.1. The third-order valence-electron chi connectivity index (χ3n) is 4.17. The van der Waals surface area contributed by atoms with Crippen LogP contribution < -0.4 is 15.8 Å². The van der Waals surface area contributed by atoms with Gasteiger partial charge in [0.15, 0.2) is 11.6 Å². The number of anilines is 3. The molecule has 0 bridgehead atoms. The molecule has 2 heterocycles. The molecule has 0 atom stereocenters. The van der Waals surface area contributed by atoms with Crippen LogP contribution in [0.15, 0.2) is 42.5 Å². The Balaban J connectivity index is 1.78. The van der Waals surface area contributed by atoms with Gasteiger partial charge in [-0.25, -0.2) is 13.8 Å². The highest BCUT2D eigenvalue weighted by Crippen LogP contribution is 2.25. The predicted molar refractivity (Wildman–Crippen MR) is 102 cm³/mol. The summed E-state index contributed by atoms with van der Waals surface area (Å²) in [5, 5.41) is 3.06. The molecule has 9 heteroatoms. The summed E-state index contributed by atoms with van der Waals surface area (Å²) < 4.78 is 34.0. The van der Waals surface area contributed by atoms with Crippen LogP contribution in [0.3, 0.4) is 0 Å². The van der Waals surface area contributed by atoms with Crippen LogP contribution in [0.1, 0.15) is 5.82 Å². The summed E-state index contributed by atoms with van der Waals surface area (Å²) in [7, 11) is 1.59. The van der Waals surface area contributed by atoms with Crippen molar-refractivity contribution in [2.24, 2.45) is 0 Å². The Morgan fingerprint density at radius 2 is 1.71 bits per heavy atom. The summed E-state index contributed by atoms with van der Waals surface area (Å²) in [6, 6.07) is 10.9. The molecule has 0 amide bonds. The van der Waals surface area contributed by atoms with Crippen LogP contribution in [-0.2, 0) is 0 Å². The van der Waals surface area contributed by atoms with E-state index in [2.05, 4.69) is 20.3 Å². The molecule has 0 aliphatic rings. The van der Waals surface area contributed by atoms with Crippen molar-refractivity contribution in [3.8, 4) is 11.6 Å². The van der Waals surface area contributed by atoms with E-state index >= 15 is 0 Å². The quantitative estimate of drug-likeness (QED) is 0.559. The van der Waals surface area contributed by atoms with Gasteiger partial charge in [-0.2, -0.15) is 9.97 Å². The molecule has 0 spiro atoms. The second-order valence-electron chi connectivity index (χ2n) is 6.08.